The highest BCUT2D eigenvalue weighted by Crippen LogP contribution is 2.28. The van der Waals surface area contributed by atoms with Gasteiger partial charge >= 0.3 is 5.63 Å². The highest BCUT2D eigenvalue weighted by molar-refractivity contribution is 7.11. The van der Waals surface area contributed by atoms with Gasteiger partial charge in [-0.3, -0.25) is 10.1 Å². The van der Waals surface area contributed by atoms with Crippen molar-refractivity contribution in [2.75, 3.05) is 0 Å². The van der Waals surface area contributed by atoms with Crippen LogP contribution in [0.3, 0.4) is 0 Å². The number of nitro groups is 1. The molecule has 0 aliphatic heterocycles. The number of para-hydroxylation sites is 1. The van der Waals surface area contributed by atoms with E-state index < -0.39 is 10.5 Å². The average Bonchev–Trinajstić information content (AvgIpc) is 3.21. The zero-order valence-corrected chi connectivity index (χ0v) is 15.6. The monoisotopic (exact) mass is 401 g/mol. The van der Waals surface area contributed by atoms with E-state index in [0.717, 1.165) is 5.39 Å². The quantitative estimate of drug-likeness (QED) is 0.208. The van der Waals surface area contributed by atoms with E-state index in [1.165, 1.54) is 29.5 Å². The molecule has 0 saturated carbocycles. The molecule has 2 aromatic carbocycles. The number of hydrogen-bond acceptors (Lipinski definition) is 7. The first-order valence-corrected chi connectivity index (χ1v) is 9.28. The van der Waals surface area contributed by atoms with Gasteiger partial charge < -0.3 is 4.42 Å². The van der Waals surface area contributed by atoms with Crippen molar-refractivity contribution in [1.29, 1.82) is 5.26 Å². The first kappa shape index (κ1) is 18.3. The van der Waals surface area contributed by atoms with Gasteiger partial charge in [0.2, 0.25) is 0 Å². The Kier molecular flexibility index (Phi) is 4.73. The van der Waals surface area contributed by atoms with Crippen LogP contribution in [0.25, 0.3) is 33.9 Å². The molecule has 29 heavy (non-hydrogen) atoms. The van der Waals surface area contributed by atoms with Crippen LogP contribution >= 0.6 is 11.3 Å². The van der Waals surface area contributed by atoms with Crippen molar-refractivity contribution in [3.05, 3.63) is 91.1 Å². The summed E-state index contributed by atoms with van der Waals surface area (Å²) in [5.41, 5.74) is 1.37. The zero-order valence-electron chi connectivity index (χ0n) is 14.7. The maximum atomic E-state index is 12.3. The molecule has 0 N–H and O–H groups in total. The zero-order chi connectivity index (χ0) is 20.4. The van der Waals surface area contributed by atoms with Crippen molar-refractivity contribution in [1.82, 2.24) is 4.98 Å². The number of nitrogens with zero attached hydrogens (tertiary/aromatic N) is 3. The fourth-order valence-corrected chi connectivity index (χ4v) is 3.58. The van der Waals surface area contributed by atoms with E-state index in [1.54, 1.807) is 35.7 Å². The summed E-state index contributed by atoms with van der Waals surface area (Å²) in [6.45, 7) is 0. The summed E-state index contributed by atoms with van der Waals surface area (Å²) in [6, 6.07) is 16.9. The molecule has 0 radical (unpaired) electrons. The van der Waals surface area contributed by atoms with Crippen LogP contribution < -0.4 is 5.63 Å². The summed E-state index contributed by atoms with van der Waals surface area (Å²) in [5, 5.41) is 23.3. The summed E-state index contributed by atoms with van der Waals surface area (Å²) in [7, 11) is 0. The molecule has 7 nitrogen and oxygen atoms in total. The molecule has 0 aliphatic carbocycles. The lowest BCUT2D eigenvalue weighted by atomic mass is 10.1. The van der Waals surface area contributed by atoms with Gasteiger partial charge in [-0.05, 0) is 23.8 Å². The van der Waals surface area contributed by atoms with Crippen molar-refractivity contribution in [2.45, 2.75) is 0 Å². The van der Waals surface area contributed by atoms with Crippen molar-refractivity contribution in [3.63, 3.8) is 0 Å². The molecule has 0 spiro atoms. The third kappa shape index (κ3) is 3.67. The van der Waals surface area contributed by atoms with E-state index in [-0.39, 0.29) is 11.3 Å². The van der Waals surface area contributed by atoms with Crippen molar-refractivity contribution in [3.8, 4) is 17.3 Å². The van der Waals surface area contributed by atoms with E-state index in [4.69, 9.17) is 4.42 Å². The molecule has 4 rings (SSSR count). The van der Waals surface area contributed by atoms with Crippen LogP contribution in [0.1, 0.15) is 10.6 Å². The lowest BCUT2D eigenvalue weighted by Crippen LogP contribution is -2.02. The third-order valence-electron chi connectivity index (χ3n) is 4.16. The average molecular weight is 401 g/mol. The van der Waals surface area contributed by atoms with Gasteiger partial charge in [0.25, 0.3) is 5.69 Å². The largest absolute Gasteiger partial charge is 0.422 e. The number of allylic oxidation sites excluding steroid dienone is 1. The Bertz CT molecular complexity index is 1380. The lowest BCUT2D eigenvalue weighted by Gasteiger charge is -1.99. The topological polar surface area (TPSA) is 110 Å². The Hall–Kier alpha value is -4.09. The van der Waals surface area contributed by atoms with Gasteiger partial charge in [-0.25, -0.2) is 9.78 Å². The van der Waals surface area contributed by atoms with Crippen LogP contribution in [0.5, 0.6) is 0 Å². The maximum absolute atomic E-state index is 12.3. The van der Waals surface area contributed by atoms with Gasteiger partial charge in [-0.2, -0.15) is 5.26 Å². The van der Waals surface area contributed by atoms with E-state index in [9.17, 15) is 20.2 Å². The van der Waals surface area contributed by atoms with Crippen LogP contribution in [-0.4, -0.2) is 9.91 Å². The lowest BCUT2D eigenvalue weighted by molar-refractivity contribution is -0.384. The molecular weight excluding hydrogens is 390 g/mol. The Labute approximate surface area is 168 Å². The highest BCUT2D eigenvalue weighted by Gasteiger charge is 2.14. The summed E-state index contributed by atoms with van der Waals surface area (Å²) >= 11 is 1.20. The van der Waals surface area contributed by atoms with Crippen molar-refractivity contribution in [2.24, 2.45) is 0 Å². The maximum Gasteiger partial charge on any atom is 0.345 e. The number of rotatable bonds is 4. The molecule has 0 amide bonds. The molecule has 2 aromatic heterocycles. The van der Waals surface area contributed by atoms with Crippen LogP contribution in [0.15, 0.2) is 69.2 Å². The summed E-state index contributed by atoms with van der Waals surface area (Å²) in [5.74, 6) is 0. The molecule has 4 aromatic rings. The Morgan fingerprint density at radius 1 is 1.21 bits per heavy atom. The highest BCUT2D eigenvalue weighted by atomic mass is 32.1. The number of nitriles is 1. The molecule has 140 valence electrons. The second-order valence-corrected chi connectivity index (χ2v) is 6.90. The van der Waals surface area contributed by atoms with Crippen molar-refractivity contribution < 1.29 is 9.34 Å². The smallest absolute Gasteiger partial charge is 0.345 e. The number of benzene rings is 2. The van der Waals surface area contributed by atoms with Crippen LogP contribution in [-0.2, 0) is 0 Å². The molecule has 0 aliphatic rings. The summed E-state index contributed by atoms with van der Waals surface area (Å²) < 4.78 is 5.34. The number of thiazole rings is 1. The second-order valence-electron chi connectivity index (χ2n) is 6.05. The number of aromatic nitrogens is 1. The first-order chi connectivity index (χ1) is 14.0. The van der Waals surface area contributed by atoms with Crippen molar-refractivity contribution >= 4 is 39.6 Å². The molecule has 0 atom stereocenters. The van der Waals surface area contributed by atoms with Crippen LogP contribution in [0, 0.1) is 21.4 Å². The van der Waals surface area contributed by atoms with Gasteiger partial charge in [-0.1, -0.05) is 30.3 Å². The first-order valence-electron chi connectivity index (χ1n) is 8.40. The summed E-state index contributed by atoms with van der Waals surface area (Å²) in [4.78, 5) is 27.2. The van der Waals surface area contributed by atoms with E-state index >= 15 is 0 Å². The minimum atomic E-state index is -0.512. The standard InChI is InChI=1S/C21H11N3O4S/c22-11-15(8-13-4-3-6-16(9-13)24(26)27)20-23-18(12-29-20)17-10-14-5-1-2-7-19(14)28-21(17)25/h1-10,12H/b15-8+. The van der Waals surface area contributed by atoms with E-state index in [2.05, 4.69) is 11.1 Å². The summed E-state index contributed by atoms with van der Waals surface area (Å²) in [6.07, 6.45) is 1.53. The Morgan fingerprint density at radius 2 is 2.03 bits per heavy atom. The minimum absolute atomic E-state index is 0.0651. The van der Waals surface area contributed by atoms with Gasteiger partial charge in [-0.15, -0.1) is 11.3 Å². The fraction of sp³-hybridized carbons (Fsp3) is 0. The molecular formula is C21H11N3O4S. The number of fused-ring (bicyclic) bond motifs is 1. The third-order valence-corrected chi connectivity index (χ3v) is 5.04. The predicted molar refractivity (Wildman–Crippen MR) is 110 cm³/mol. The molecule has 8 heteroatoms. The molecule has 0 fully saturated rings. The van der Waals surface area contributed by atoms with Crippen LogP contribution in [0.2, 0.25) is 0 Å². The van der Waals surface area contributed by atoms with Gasteiger partial charge in [0.1, 0.15) is 16.7 Å². The fourth-order valence-electron chi connectivity index (χ4n) is 2.80. The van der Waals surface area contributed by atoms with Gasteiger partial charge in [0.05, 0.1) is 21.8 Å². The predicted octanol–water partition coefficient (Wildman–Crippen LogP) is 4.89. The molecule has 0 unspecified atom stereocenters. The van der Waals surface area contributed by atoms with Gasteiger partial charge in [0, 0.05) is 22.9 Å². The Morgan fingerprint density at radius 3 is 2.83 bits per heavy atom. The molecule has 0 bridgehead atoms. The van der Waals surface area contributed by atoms with Gasteiger partial charge in [0.15, 0.2) is 0 Å². The Balaban J connectivity index is 1.74. The molecule has 0 saturated heterocycles. The van der Waals surface area contributed by atoms with E-state index in [1.807, 2.05) is 12.1 Å². The second kappa shape index (κ2) is 7.50. The van der Waals surface area contributed by atoms with E-state index in [0.29, 0.717) is 27.4 Å². The normalized spacial score (nSPS) is 11.3. The SMILES string of the molecule is N#C/C(=C\c1cccc([N+](=O)[O-])c1)c1nc(-c2cc3ccccc3oc2=O)cs1. The van der Waals surface area contributed by atoms with Crippen LogP contribution in [0.4, 0.5) is 5.69 Å². The molecule has 2 heterocycles. The number of nitro benzene ring substituents is 1. The number of non-ortho nitro benzene ring substituents is 1. The minimum Gasteiger partial charge on any atom is -0.422 e. The number of hydrogen-bond donors (Lipinski definition) is 0.